The number of hydrogen-bond donors (Lipinski definition) is 2. The van der Waals surface area contributed by atoms with E-state index in [0.29, 0.717) is 21.9 Å². The minimum Gasteiger partial charge on any atom is -0.306 e. The van der Waals surface area contributed by atoms with Crippen molar-refractivity contribution in [1.82, 2.24) is 20.2 Å². The first-order valence-corrected chi connectivity index (χ1v) is 6.60. The van der Waals surface area contributed by atoms with E-state index in [2.05, 4.69) is 20.2 Å². The van der Waals surface area contributed by atoms with Crippen molar-refractivity contribution in [3.63, 3.8) is 0 Å². The first-order valence-electron chi connectivity index (χ1n) is 5.37. The number of hydrogen-bond acceptors (Lipinski definition) is 4. The Hall–Kier alpha value is -2.08. The molecule has 2 heterocycles. The molecule has 0 aliphatic carbocycles. The summed E-state index contributed by atoms with van der Waals surface area (Å²) < 4.78 is 0. The molecule has 0 fully saturated rings. The van der Waals surface area contributed by atoms with E-state index in [9.17, 15) is 4.79 Å². The second kappa shape index (κ2) is 4.30. The predicted molar refractivity (Wildman–Crippen MR) is 71.7 cm³/mol. The van der Waals surface area contributed by atoms with Crippen LogP contribution < -0.4 is 5.56 Å². The molecular weight excluding hydrogens is 248 g/mol. The zero-order valence-electron chi connectivity index (χ0n) is 9.60. The SMILES string of the molecule is CSc1n[nH]c2nc(-c3ccccc3)[nH]c(=O)c12. The van der Waals surface area contributed by atoms with Gasteiger partial charge in [-0.05, 0) is 6.26 Å². The van der Waals surface area contributed by atoms with Crippen LogP contribution in [0.2, 0.25) is 0 Å². The second-order valence-electron chi connectivity index (χ2n) is 3.74. The van der Waals surface area contributed by atoms with Crippen LogP contribution >= 0.6 is 11.8 Å². The lowest BCUT2D eigenvalue weighted by molar-refractivity contribution is 1.02. The summed E-state index contributed by atoms with van der Waals surface area (Å²) in [5.41, 5.74) is 1.22. The van der Waals surface area contributed by atoms with Gasteiger partial charge in [-0.15, -0.1) is 11.8 Å². The maximum Gasteiger partial charge on any atom is 0.263 e. The Balaban J connectivity index is 2.26. The van der Waals surface area contributed by atoms with Gasteiger partial charge in [0.1, 0.15) is 16.2 Å². The molecule has 0 aliphatic heterocycles. The lowest BCUT2D eigenvalue weighted by Gasteiger charge is -2.00. The minimum atomic E-state index is -0.169. The number of aromatic amines is 2. The molecule has 3 aromatic rings. The van der Waals surface area contributed by atoms with Crippen molar-refractivity contribution in [2.45, 2.75) is 5.03 Å². The monoisotopic (exact) mass is 258 g/mol. The quantitative estimate of drug-likeness (QED) is 0.690. The van der Waals surface area contributed by atoms with Crippen molar-refractivity contribution >= 4 is 22.8 Å². The van der Waals surface area contributed by atoms with Gasteiger partial charge in [-0.3, -0.25) is 9.89 Å². The number of rotatable bonds is 2. The summed E-state index contributed by atoms with van der Waals surface area (Å²) in [6.45, 7) is 0. The lowest BCUT2D eigenvalue weighted by atomic mass is 10.2. The normalized spacial score (nSPS) is 10.9. The van der Waals surface area contributed by atoms with Crippen molar-refractivity contribution in [2.24, 2.45) is 0 Å². The third-order valence-corrected chi connectivity index (χ3v) is 3.32. The summed E-state index contributed by atoms with van der Waals surface area (Å²) in [4.78, 5) is 19.2. The first-order chi connectivity index (χ1) is 8.79. The van der Waals surface area contributed by atoms with Gasteiger partial charge in [0.2, 0.25) is 0 Å². The molecule has 0 radical (unpaired) electrons. The summed E-state index contributed by atoms with van der Waals surface area (Å²) in [6, 6.07) is 9.52. The highest BCUT2D eigenvalue weighted by molar-refractivity contribution is 7.98. The Morgan fingerprint density at radius 3 is 2.72 bits per heavy atom. The Kier molecular flexibility index (Phi) is 2.64. The van der Waals surface area contributed by atoms with Gasteiger partial charge >= 0.3 is 0 Å². The molecule has 1 aromatic carbocycles. The molecule has 0 atom stereocenters. The summed E-state index contributed by atoms with van der Waals surface area (Å²) in [6.07, 6.45) is 1.88. The Labute approximate surface area is 107 Å². The zero-order chi connectivity index (χ0) is 12.5. The third kappa shape index (κ3) is 1.70. The van der Waals surface area contributed by atoms with E-state index in [1.807, 2.05) is 36.6 Å². The van der Waals surface area contributed by atoms with Crippen molar-refractivity contribution in [3.05, 3.63) is 40.7 Å². The Bertz CT molecular complexity index is 748. The fourth-order valence-corrected chi connectivity index (χ4v) is 2.32. The number of nitrogens with one attached hydrogen (secondary N) is 2. The number of benzene rings is 1. The number of thioether (sulfide) groups is 1. The van der Waals surface area contributed by atoms with Crippen molar-refractivity contribution in [2.75, 3.05) is 6.26 Å². The van der Waals surface area contributed by atoms with Gasteiger partial charge in [-0.25, -0.2) is 4.98 Å². The molecule has 6 heteroatoms. The van der Waals surface area contributed by atoms with Gasteiger partial charge in [0.25, 0.3) is 5.56 Å². The van der Waals surface area contributed by atoms with Crippen LogP contribution in [0.25, 0.3) is 22.4 Å². The molecule has 18 heavy (non-hydrogen) atoms. The fourth-order valence-electron chi connectivity index (χ4n) is 1.79. The van der Waals surface area contributed by atoms with E-state index in [4.69, 9.17) is 0 Å². The van der Waals surface area contributed by atoms with Crippen LogP contribution in [0.4, 0.5) is 0 Å². The van der Waals surface area contributed by atoms with Crippen molar-refractivity contribution in [1.29, 1.82) is 0 Å². The molecule has 3 rings (SSSR count). The average Bonchev–Trinajstić information content (AvgIpc) is 2.83. The standard InChI is InChI=1S/C12H10N4OS/c1-18-12-8-10(15-16-12)13-9(14-11(8)17)7-5-3-2-4-6-7/h2-6H,1H3,(H2,13,14,15,16,17). The van der Waals surface area contributed by atoms with Gasteiger partial charge in [0.05, 0.1) is 0 Å². The smallest absolute Gasteiger partial charge is 0.263 e. The lowest BCUT2D eigenvalue weighted by Crippen LogP contribution is -2.09. The van der Waals surface area contributed by atoms with Gasteiger partial charge in [0.15, 0.2) is 5.65 Å². The van der Waals surface area contributed by atoms with Crippen LogP contribution in [-0.2, 0) is 0 Å². The van der Waals surface area contributed by atoms with E-state index in [-0.39, 0.29) is 5.56 Å². The van der Waals surface area contributed by atoms with E-state index in [1.165, 1.54) is 11.8 Å². The molecule has 0 aliphatic rings. The molecule has 5 nitrogen and oxygen atoms in total. The van der Waals surface area contributed by atoms with Crippen LogP contribution in [0.1, 0.15) is 0 Å². The number of aromatic nitrogens is 4. The molecule has 2 aromatic heterocycles. The van der Waals surface area contributed by atoms with Crippen LogP contribution in [0.15, 0.2) is 40.2 Å². The van der Waals surface area contributed by atoms with Gasteiger partial charge in [-0.1, -0.05) is 30.3 Å². The molecule has 0 unspecified atom stereocenters. The summed E-state index contributed by atoms with van der Waals surface area (Å²) in [5.74, 6) is 0.546. The molecular formula is C12H10N4OS. The number of nitrogens with zero attached hydrogens (tertiary/aromatic N) is 2. The summed E-state index contributed by atoms with van der Waals surface area (Å²) in [7, 11) is 0. The minimum absolute atomic E-state index is 0.169. The zero-order valence-corrected chi connectivity index (χ0v) is 10.4. The number of H-pyrrole nitrogens is 2. The molecule has 0 saturated heterocycles. The molecule has 2 N–H and O–H groups in total. The predicted octanol–water partition coefficient (Wildman–Crippen LogP) is 2.04. The molecule has 0 spiro atoms. The van der Waals surface area contributed by atoms with E-state index >= 15 is 0 Å². The van der Waals surface area contributed by atoms with Crippen LogP contribution in [0.3, 0.4) is 0 Å². The van der Waals surface area contributed by atoms with Gasteiger partial charge in [0, 0.05) is 5.56 Å². The average molecular weight is 258 g/mol. The molecule has 0 saturated carbocycles. The Morgan fingerprint density at radius 1 is 1.22 bits per heavy atom. The van der Waals surface area contributed by atoms with E-state index < -0.39 is 0 Å². The highest BCUT2D eigenvalue weighted by atomic mass is 32.2. The Morgan fingerprint density at radius 2 is 2.00 bits per heavy atom. The van der Waals surface area contributed by atoms with Gasteiger partial charge < -0.3 is 4.98 Å². The van der Waals surface area contributed by atoms with Crippen LogP contribution in [-0.4, -0.2) is 26.4 Å². The van der Waals surface area contributed by atoms with E-state index in [1.54, 1.807) is 0 Å². The third-order valence-electron chi connectivity index (χ3n) is 2.64. The highest BCUT2D eigenvalue weighted by Crippen LogP contribution is 2.20. The highest BCUT2D eigenvalue weighted by Gasteiger charge is 2.12. The first kappa shape index (κ1) is 11.0. The van der Waals surface area contributed by atoms with Crippen molar-refractivity contribution < 1.29 is 0 Å². The van der Waals surface area contributed by atoms with Crippen LogP contribution in [0, 0.1) is 0 Å². The molecule has 0 bridgehead atoms. The second-order valence-corrected chi connectivity index (χ2v) is 4.53. The summed E-state index contributed by atoms with van der Waals surface area (Å²) >= 11 is 1.42. The maximum atomic E-state index is 12.0. The fraction of sp³-hybridized carbons (Fsp3) is 0.0833. The van der Waals surface area contributed by atoms with Gasteiger partial charge in [-0.2, -0.15) is 5.10 Å². The molecule has 0 amide bonds. The van der Waals surface area contributed by atoms with Crippen LogP contribution in [0.5, 0.6) is 0 Å². The number of fused-ring (bicyclic) bond motifs is 1. The maximum absolute atomic E-state index is 12.0. The van der Waals surface area contributed by atoms with E-state index in [0.717, 1.165) is 5.56 Å². The topological polar surface area (TPSA) is 74.4 Å². The summed E-state index contributed by atoms with van der Waals surface area (Å²) in [5, 5.41) is 8.03. The molecule has 90 valence electrons. The largest absolute Gasteiger partial charge is 0.306 e. The van der Waals surface area contributed by atoms with Crippen molar-refractivity contribution in [3.8, 4) is 11.4 Å².